The summed E-state index contributed by atoms with van der Waals surface area (Å²) in [5.74, 6) is -1.16. The lowest BCUT2D eigenvalue weighted by Crippen LogP contribution is -2.33. The van der Waals surface area contributed by atoms with Gasteiger partial charge in [-0.3, -0.25) is 0 Å². The van der Waals surface area contributed by atoms with Crippen molar-refractivity contribution in [1.29, 1.82) is 0 Å². The van der Waals surface area contributed by atoms with Gasteiger partial charge in [0.15, 0.2) is 6.29 Å². The van der Waals surface area contributed by atoms with Gasteiger partial charge in [-0.2, -0.15) is 0 Å². The highest BCUT2D eigenvalue weighted by molar-refractivity contribution is 7.91. The van der Waals surface area contributed by atoms with Crippen LogP contribution in [0, 0.1) is 0 Å². The Morgan fingerprint density at radius 2 is 2.06 bits per heavy atom. The molecule has 1 aromatic heterocycles. The number of hydrogen-bond acceptors (Lipinski definition) is 6. The molecule has 0 saturated heterocycles. The zero-order valence-electron chi connectivity index (χ0n) is 9.74. The van der Waals surface area contributed by atoms with E-state index in [1.165, 1.54) is 26.4 Å². The molecule has 9 heteroatoms. The zero-order valence-corrected chi connectivity index (χ0v) is 11.4. The number of sulfonamides is 1. The summed E-state index contributed by atoms with van der Waals surface area (Å²) in [5, 5.41) is 8.71. The maximum absolute atomic E-state index is 11.8. The first-order chi connectivity index (χ1) is 8.40. The summed E-state index contributed by atoms with van der Waals surface area (Å²) in [5.41, 5.74) is 0. The van der Waals surface area contributed by atoms with Gasteiger partial charge in [-0.1, -0.05) is 0 Å². The fourth-order valence-electron chi connectivity index (χ4n) is 1.09. The topological polar surface area (TPSA) is 102 Å². The summed E-state index contributed by atoms with van der Waals surface area (Å²) in [4.78, 5) is 10.6. The van der Waals surface area contributed by atoms with E-state index in [9.17, 15) is 13.2 Å². The van der Waals surface area contributed by atoms with Gasteiger partial charge in [0.25, 0.3) is 0 Å². The lowest BCUT2D eigenvalue weighted by atomic mass is 10.5. The smallest absolute Gasteiger partial charge is 0.345 e. The Morgan fingerprint density at radius 1 is 1.44 bits per heavy atom. The van der Waals surface area contributed by atoms with Crippen LogP contribution in [0.5, 0.6) is 0 Å². The molecule has 0 fully saturated rings. The van der Waals surface area contributed by atoms with Gasteiger partial charge in [-0.25, -0.2) is 17.9 Å². The van der Waals surface area contributed by atoms with Crippen molar-refractivity contribution in [3.05, 3.63) is 17.0 Å². The number of rotatable bonds is 7. The normalized spacial score (nSPS) is 11.9. The molecule has 1 heterocycles. The highest BCUT2D eigenvalue weighted by atomic mass is 32.2. The van der Waals surface area contributed by atoms with Gasteiger partial charge in [-0.15, -0.1) is 11.3 Å². The predicted octanol–water partition coefficient (Wildman–Crippen LogP) is 0.343. The summed E-state index contributed by atoms with van der Waals surface area (Å²) in [6, 6.07) is 2.48. The Bertz CT molecular complexity index is 505. The van der Waals surface area contributed by atoms with E-state index in [0.717, 1.165) is 0 Å². The average molecular weight is 295 g/mol. The highest BCUT2D eigenvalue weighted by Crippen LogP contribution is 2.21. The molecule has 102 valence electrons. The number of carboxylic acids is 1. The standard InChI is InChI=1S/C9H13NO6S2/c1-15-7(16-2)5-10-18(13,14)8-4-3-6(17-8)9(11)12/h3-4,7,10H,5H2,1-2H3,(H,11,12). The Labute approximate surface area is 108 Å². The average Bonchev–Trinajstić information content (AvgIpc) is 2.80. The molecular formula is C9H13NO6S2. The summed E-state index contributed by atoms with van der Waals surface area (Å²) < 4.78 is 35.5. The number of hydrogen-bond donors (Lipinski definition) is 2. The number of carboxylic acid groups (broad SMARTS) is 1. The minimum atomic E-state index is -3.74. The van der Waals surface area contributed by atoms with E-state index in [-0.39, 0.29) is 15.6 Å². The van der Waals surface area contributed by atoms with Gasteiger partial charge in [0, 0.05) is 14.2 Å². The summed E-state index contributed by atoms with van der Waals surface area (Å²) in [6.07, 6.45) is -0.696. The van der Waals surface area contributed by atoms with Crippen molar-refractivity contribution in [3.8, 4) is 0 Å². The van der Waals surface area contributed by atoms with Crippen molar-refractivity contribution < 1.29 is 27.8 Å². The van der Waals surface area contributed by atoms with Crippen LogP contribution >= 0.6 is 11.3 Å². The van der Waals surface area contributed by atoms with Crippen LogP contribution in [0.25, 0.3) is 0 Å². The lowest BCUT2D eigenvalue weighted by molar-refractivity contribution is -0.0960. The van der Waals surface area contributed by atoms with E-state index < -0.39 is 22.3 Å². The molecule has 0 bridgehead atoms. The second-order valence-electron chi connectivity index (χ2n) is 3.18. The molecule has 0 aliphatic carbocycles. The van der Waals surface area contributed by atoms with Gasteiger partial charge in [0.1, 0.15) is 9.09 Å². The second-order valence-corrected chi connectivity index (χ2v) is 6.25. The van der Waals surface area contributed by atoms with Crippen LogP contribution in [-0.2, 0) is 19.5 Å². The molecule has 1 rings (SSSR count). The Hall–Kier alpha value is -1.00. The molecule has 18 heavy (non-hydrogen) atoms. The van der Waals surface area contributed by atoms with Crippen molar-refractivity contribution in [1.82, 2.24) is 4.72 Å². The van der Waals surface area contributed by atoms with Crippen LogP contribution < -0.4 is 4.72 Å². The van der Waals surface area contributed by atoms with Crippen LogP contribution in [0.1, 0.15) is 9.67 Å². The first kappa shape index (κ1) is 15.1. The third kappa shape index (κ3) is 3.75. The molecule has 0 aliphatic heterocycles. The molecule has 0 aliphatic rings. The fraction of sp³-hybridized carbons (Fsp3) is 0.444. The van der Waals surface area contributed by atoms with Crippen LogP contribution in [-0.4, -0.2) is 46.5 Å². The van der Waals surface area contributed by atoms with Crippen molar-refractivity contribution in [3.63, 3.8) is 0 Å². The van der Waals surface area contributed by atoms with E-state index in [2.05, 4.69) is 4.72 Å². The number of thiophene rings is 1. The minimum absolute atomic E-state index is 0.0367. The molecule has 0 spiro atoms. The first-order valence-electron chi connectivity index (χ1n) is 4.79. The quantitative estimate of drug-likeness (QED) is 0.703. The van der Waals surface area contributed by atoms with Crippen molar-refractivity contribution in [2.45, 2.75) is 10.5 Å². The number of nitrogens with one attached hydrogen (secondary N) is 1. The molecule has 0 atom stereocenters. The monoisotopic (exact) mass is 295 g/mol. The van der Waals surface area contributed by atoms with E-state index in [1.807, 2.05) is 0 Å². The number of carbonyl (C=O) groups is 1. The van der Waals surface area contributed by atoms with Crippen molar-refractivity contribution >= 4 is 27.3 Å². The van der Waals surface area contributed by atoms with E-state index in [1.54, 1.807) is 0 Å². The largest absolute Gasteiger partial charge is 0.477 e. The highest BCUT2D eigenvalue weighted by Gasteiger charge is 2.20. The molecule has 1 aromatic rings. The molecule has 7 nitrogen and oxygen atoms in total. The van der Waals surface area contributed by atoms with Gasteiger partial charge in [0.05, 0.1) is 6.54 Å². The van der Waals surface area contributed by atoms with Crippen LogP contribution in [0.2, 0.25) is 0 Å². The van der Waals surface area contributed by atoms with Crippen LogP contribution in [0.15, 0.2) is 16.3 Å². The van der Waals surface area contributed by atoms with Gasteiger partial charge >= 0.3 is 5.97 Å². The maximum Gasteiger partial charge on any atom is 0.345 e. The summed E-state index contributed by atoms with van der Waals surface area (Å²) in [7, 11) is -0.973. The molecule has 0 unspecified atom stereocenters. The van der Waals surface area contributed by atoms with Crippen LogP contribution in [0.4, 0.5) is 0 Å². The van der Waals surface area contributed by atoms with E-state index in [4.69, 9.17) is 14.6 Å². The van der Waals surface area contributed by atoms with E-state index in [0.29, 0.717) is 11.3 Å². The third-order valence-electron chi connectivity index (χ3n) is 2.02. The summed E-state index contributed by atoms with van der Waals surface area (Å²) >= 11 is 0.683. The van der Waals surface area contributed by atoms with Crippen molar-refractivity contribution in [2.75, 3.05) is 20.8 Å². The lowest BCUT2D eigenvalue weighted by Gasteiger charge is -2.13. The number of ether oxygens (including phenoxy) is 2. The molecule has 0 saturated carbocycles. The third-order valence-corrected chi connectivity index (χ3v) is 5.01. The SMILES string of the molecule is COC(CNS(=O)(=O)c1ccc(C(=O)O)s1)OC. The maximum atomic E-state index is 11.8. The predicted molar refractivity (Wildman–Crippen MR) is 64.3 cm³/mol. The van der Waals surface area contributed by atoms with Crippen molar-refractivity contribution in [2.24, 2.45) is 0 Å². The fourth-order valence-corrected chi connectivity index (χ4v) is 3.30. The summed E-state index contributed by atoms with van der Waals surface area (Å²) in [6.45, 7) is -0.0599. The molecular weight excluding hydrogens is 282 g/mol. The molecule has 0 amide bonds. The molecule has 0 radical (unpaired) electrons. The van der Waals surface area contributed by atoms with Gasteiger partial charge < -0.3 is 14.6 Å². The number of aromatic carboxylic acids is 1. The Morgan fingerprint density at radius 3 is 2.50 bits per heavy atom. The zero-order chi connectivity index (χ0) is 13.8. The molecule has 0 aromatic carbocycles. The Balaban J connectivity index is 2.76. The Kier molecular flexibility index (Phi) is 5.23. The number of methoxy groups -OCH3 is 2. The van der Waals surface area contributed by atoms with Gasteiger partial charge in [-0.05, 0) is 12.1 Å². The van der Waals surface area contributed by atoms with Crippen LogP contribution in [0.3, 0.4) is 0 Å². The first-order valence-corrected chi connectivity index (χ1v) is 7.09. The minimum Gasteiger partial charge on any atom is -0.477 e. The molecule has 2 N–H and O–H groups in total. The second kappa shape index (κ2) is 6.25. The van der Waals surface area contributed by atoms with E-state index >= 15 is 0 Å². The van der Waals surface area contributed by atoms with Gasteiger partial charge in [0.2, 0.25) is 10.0 Å².